The SMILES string of the molecule is CCNCCCNS(=O)(=O)C1CCOCC1. The molecule has 5 nitrogen and oxygen atoms in total. The Morgan fingerprint density at radius 2 is 1.94 bits per heavy atom. The molecule has 16 heavy (non-hydrogen) atoms. The Balaban J connectivity index is 2.22. The Kier molecular flexibility index (Phi) is 6.26. The van der Waals surface area contributed by atoms with E-state index in [1.54, 1.807) is 0 Å². The molecule has 2 N–H and O–H groups in total. The van der Waals surface area contributed by atoms with Crippen molar-refractivity contribution in [2.24, 2.45) is 0 Å². The first-order valence-corrected chi connectivity index (χ1v) is 7.48. The van der Waals surface area contributed by atoms with Crippen LogP contribution in [0.4, 0.5) is 0 Å². The maximum Gasteiger partial charge on any atom is 0.214 e. The summed E-state index contributed by atoms with van der Waals surface area (Å²) in [6.45, 7) is 5.45. The molecule has 0 radical (unpaired) electrons. The highest BCUT2D eigenvalue weighted by atomic mass is 32.2. The molecule has 1 heterocycles. The summed E-state index contributed by atoms with van der Waals surface area (Å²) in [6, 6.07) is 0. The first kappa shape index (κ1) is 13.9. The van der Waals surface area contributed by atoms with Gasteiger partial charge in [-0.2, -0.15) is 0 Å². The first-order valence-electron chi connectivity index (χ1n) is 5.93. The second kappa shape index (κ2) is 7.21. The van der Waals surface area contributed by atoms with Crippen molar-refractivity contribution in [3.8, 4) is 0 Å². The molecule has 0 aromatic carbocycles. The Morgan fingerprint density at radius 1 is 1.25 bits per heavy atom. The van der Waals surface area contributed by atoms with E-state index in [-0.39, 0.29) is 5.25 Å². The normalized spacial score (nSPS) is 18.8. The van der Waals surface area contributed by atoms with Crippen molar-refractivity contribution in [3.05, 3.63) is 0 Å². The average molecular weight is 250 g/mol. The van der Waals surface area contributed by atoms with E-state index in [4.69, 9.17) is 4.74 Å². The minimum atomic E-state index is -3.13. The maximum atomic E-state index is 11.8. The number of hydrogen-bond acceptors (Lipinski definition) is 4. The van der Waals surface area contributed by atoms with E-state index < -0.39 is 10.0 Å². The lowest BCUT2D eigenvalue weighted by Gasteiger charge is -2.22. The summed E-state index contributed by atoms with van der Waals surface area (Å²) in [4.78, 5) is 0. The fourth-order valence-electron chi connectivity index (χ4n) is 1.71. The Bertz CT molecular complexity index is 274. The molecular formula is C10H22N2O3S. The Morgan fingerprint density at radius 3 is 2.56 bits per heavy atom. The molecule has 0 aromatic heterocycles. The number of ether oxygens (including phenoxy) is 1. The number of nitrogens with one attached hydrogen (secondary N) is 2. The summed E-state index contributed by atoms with van der Waals surface area (Å²) in [6.07, 6.45) is 2.06. The molecule has 0 saturated carbocycles. The van der Waals surface area contributed by atoms with Gasteiger partial charge in [-0.15, -0.1) is 0 Å². The van der Waals surface area contributed by atoms with Crippen molar-refractivity contribution >= 4 is 10.0 Å². The second-order valence-electron chi connectivity index (χ2n) is 3.96. The third-order valence-corrected chi connectivity index (χ3v) is 4.65. The Hall–Kier alpha value is -0.170. The van der Waals surface area contributed by atoms with Gasteiger partial charge in [-0.05, 0) is 32.4 Å². The molecule has 1 rings (SSSR count). The van der Waals surface area contributed by atoms with Crippen LogP contribution in [-0.2, 0) is 14.8 Å². The summed E-state index contributed by atoms with van der Waals surface area (Å²) in [5.74, 6) is 0. The van der Waals surface area contributed by atoms with Gasteiger partial charge in [0.25, 0.3) is 0 Å². The van der Waals surface area contributed by atoms with Crippen LogP contribution in [0.25, 0.3) is 0 Å². The molecule has 0 amide bonds. The molecule has 0 bridgehead atoms. The predicted molar refractivity (Wildman–Crippen MR) is 63.9 cm³/mol. The zero-order chi connectivity index (χ0) is 11.9. The van der Waals surface area contributed by atoms with Crippen molar-refractivity contribution in [3.63, 3.8) is 0 Å². The molecule has 0 atom stereocenters. The van der Waals surface area contributed by atoms with Gasteiger partial charge in [0, 0.05) is 19.8 Å². The van der Waals surface area contributed by atoms with Gasteiger partial charge in [0.1, 0.15) is 0 Å². The minimum absolute atomic E-state index is 0.264. The van der Waals surface area contributed by atoms with Crippen LogP contribution in [0.15, 0.2) is 0 Å². The fourth-order valence-corrected chi connectivity index (χ4v) is 3.19. The van der Waals surface area contributed by atoms with Gasteiger partial charge in [0.2, 0.25) is 10.0 Å². The zero-order valence-corrected chi connectivity index (χ0v) is 10.7. The van der Waals surface area contributed by atoms with Gasteiger partial charge >= 0.3 is 0 Å². The van der Waals surface area contributed by atoms with E-state index >= 15 is 0 Å². The van der Waals surface area contributed by atoms with E-state index in [0.717, 1.165) is 19.5 Å². The Labute approximate surface area is 98.0 Å². The van der Waals surface area contributed by atoms with Gasteiger partial charge < -0.3 is 10.1 Å². The molecule has 0 unspecified atom stereocenters. The smallest absolute Gasteiger partial charge is 0.214 e. The summed E-state index contributed by atoms with van der Waals surface area (Å²) in [7, 11) is -3.13. The topological polar surface area (TPSA) is 67.4 Å². The largest absolute Gasteiger partial charge is 0.381 e. The first-order chi connectivity index (χ1) is 7.67. The summed E-state index contributed by atoms with van der Waals surface area (Å²) < 4.78 is 31.5. The third kappa shape index (κ3) is 4.78. The molecular weight excluding hydrogens is 228 g/mol. The van der Waals surface area contributed by atoms with Crippen LogP contribution in [0.5, 0.6) is 0 Å². The molecule has 0 aromatic rings. The van der Waals surface area contributed by atoms with Crippen molar-refractivity contribution < 1.29 is 13.2 Å². The van der Waals surface area contributed by atoms with Crippen LogP contribution >= 0.6 is 0 Å². The van der Waals surface area contributed by atoms with Crippen LogP contribution < -0.4 is 10.0 Å². The van der Waals surface area contributed by atoms with Gasteiger partial charge in [0.15, 0.2) is 0 Å². The van der Waals surface area contributed by atoms with Crippen molar-refractivity contribution in [2.75, 3.05) is 32.8 Å². The van der Waals surface area contributed by atoms with Gasteiger partial charge in [-0.1, -0.05) is 6.92 Å². The quantitative estimate of drug-likeness (QED) is 0.628. The van der Waals surface area contributed by atoms with E-state index in [1.165, 1.54) is 0 Å². The van der Waals surface area contributed by atoms with E-state index in [2.05, 4.69) is 10.0 Å². The standard InChI is InChI=1S/C10H22N2O3S/c1-2-11-6-3-7-12-16(13,14)10-4-8-15-9-5-10/h10-12H,2-9H2,1H3. The van der Waals surface area contributed by atoms with Crippen LogP contribution in [0.2, 0.25) is 0 Å². The fraction of sp³-hybridized carbons (Fsp3) is 1.00. The molecule has 0 spiro atoms. The molecule has 0 aliphatic carbocycles. The van der Waals surface area contributed by atoms with E-state index in [0.29, 0.717) is 32.6 Å². The number of sulfonamides is 1. The van der Waals surface area contributed by atoms with Gasteiger partial charge in [-0.3, -0.25) is 0 Å². The van der Waals surface area contributed by atoms with Crippen molar-refractivity contribution in [1.82, 2.24) is 10.0 Å². The van der Waals surface area contributed by atoms with Crippen LogP contribution in [0.1, 0.15) is 26.2 Å². The summed E-state index contributed by atoms with van der Waals surface area (Å²) in [5.41, 5.74) is 0. The monoisotopic (exact) mass is 250 g/mol. The number of rotatable bonds is 7. The lowest BCUT2D eigenvalue weighted by atomic mass is 10.2. The van der Waals surface area contributed by atoms with Crippen LogP contribution in [0.3, 0.4) is 0 Å². The number of hydrogen-bond donors (Lipinski definition) is 2. The van der Waals surface area contributed by atoms with E-state index in [1.807, 2.05) is 6.92 Å². The molecule has 1 saturated heterocycles. The van der Waals surface area contributed by atoms with Crippen molar-refractivity contribution in [2.45, 2.75) is 31.4 Å². The second-order valence-corrected chi connectivity index (χ2v) is 6.00. The minimum Gasteiger partial charge on any atom is -0.381 e. The lowest BCUT2D eigenvalue weighted by molar-refractivity contribution is 0.0981. The molecule has 6 heteroatoms. The summed E-state index contributed by atoms with van der Waals surface area (Å²) >= 11 is 0. The highest BCUT2D eigenvalue weighted by Crippen LogP contribution is 2.14. The zero-order valence-electron chi connectivity index (χ0n) is 9.87. The van der Waals surface area contributed by atoms with Crippen molar-refractivity contribution in [1.29, 1.82) is 0 Å². The molecule has 1 fully saturated rings. The van der Waals surface area contributed by atoms with Gasteiger partial charge in [0.05, 0.1) is 5.25 Å². The molecule has 96 valence electrons. The lowest BCUT2D eigenvalue weighted by Crippen LogP contribution is -2.38. The van der Waals surface area contributed by atoms with E-state index in [9.17, 15) is 8.42 Å². The van der Waals surface area contributed by atoms with Crippen LogP contribution in [0, 0.1) is 0 Å². The highest BCUT2D eigenvalue weighted by Gasteiger charge is 2.26. The molecule has 1 aliphatic rings. The highest BCUT2D eigenvalue weighted by molar-refractivity contribution is 7.90. The average Bonchev–Trinajstić information content (AvgIpc) is 2.30. The van der Waals surface area contributed by atoms with Crippen LogP contribution in [-0.4, -0.2) is 46.5 Å². The molecule has 1 aliphatic heterocycles. The maximum absolute atomic E-state index is 11.8. The van der Waals surface area contributed by atoms with Gasteiger partial charge in [-0.25, -0.2) is 13.1 Å². The summed E-state index contributed by atoms with van der Waals surface area (Å²) in [5, 5.41) is 2.90. The third-order valence-electron chi connectivity index (χ3n) is 2.69. The predicted octanol–water partition coefficient (Wildman–Crippen LogP) is 0.0844.